The topological polar surface area (TPSA) is 90.1 Å². The van der Waals surface area contributed by atoms with Gasteiger partial charge in [-0.3, -0.25) is 10.4 Å². The van der Waals surface area contributed by atoms with Crippen LogP contribution in [0.1, 0.15) is 64.4 Å². The molecule has 166 valence electrons. The van der Waals surface area contributed by atoms with E-state index in [0.29, 0.717) is 18.9 Å². The second-order valence-electron chi connectivity index (χ2n) is 7.07. The Hall–Kier alpha value is -1.67. The van der Waals surface area contributed by atoms with E-state index >= 15 is 0 Å². The predicted octanol–water partition coefficient (Wildman–Crippen LogP) is 3.65. The Balaban J connectivity index is 3.25. The van der Waals surface area contributed by atoms with Crippen LogP contribution in [0.2, 0.25) is 0 Å². The van der Waals surface area contributed by atoms with Gasteiger partial charge in [0.1, 0.15) is 5.54 Å². The first kappa shape index (κ1) is 25.4. The largest absolute Gasteiger partial charge is 0.369 e. The molecular weight excluding hydrogens is 368 g/mol. The molecule has 0 aliphatic heterocycles. The van der Waals surface area contributed by atoms with Crippen LogP contribution in [-0.2, 0) is 19.7 Å². The van der Waals surface area contributed by atoms with Gasteiger partial charge in [0.15, 0.2) is 0 Å². The molecule has 0 radical (unpaired) electrons. The third-order valence-electron chi connectivity index (χ3n) is 5.23. The average molecular weight is 409 g/mol. The summed E-state index contributed by atoms with van der Waals surface area (Å²) in [6.45, 7) is 4.74. The van der Waals surface area contributed by atoms with E-state index in [1.807, 2.05) is 37.3 Å². The van der Waals surface area contributed by atoms with Crippen LogP contribution in [0.3, 0.4) is 0 Å². The van der Waals surface area contributed by atoms with Crippen LogP contribution in [0.4, 0.5) is 0 Å². The zero-order valence-electron chi connectivity index (χ0n) is 18.8. The van der Waals surface area contributed by atoms with Crippen LogP contribution < -0.4 is 16.6 Å². The number of rotatable bonds is 15. The fraction of sp³-hybridized carbons (Fsp3) is 0.682. The number of hydrazine groups is 1. The number of nitrogens with two attached hydrogens (primary N) is 1. The third kappa shape index (κ3) is 6.67. The van der Waals surface area contributed by atoms with Crippen LogP contribution in [-0.4, -0.2) is 39.8 Å². The molecule has 0 aliphatic rings. The fourth-order valence-electron chi connectivity index (χ4n) is 3.73. The maximum Gasteiger partial charge on any atom is 0.307 e. The van der Waals surface area contributed by atoms with Gasteiger partial charge in [-0.25, -0.2) is 5.43 Å². The van der Waals surface area contributed by atoms with Gasteiger partial charge in [-0.2, -0.15) is 0 Å². The van der Waals surface area contributed by atoms with Crippen molar-refractivity contribution in [1.82, 2.24) is 10.9 Å². The zero-order valence-corrected chi connectivity index (χ0v) is 18.8. The monoisotopic (exact) mass is 408 g/mol. The Kier molecular flexibility index (Phi) is 11.8. The van der Waals surface area contributed by atoms with E-state index in [1.165, 1.54) is 25.7 Å². The first-order valence-electron chi connectivity index (χ1n) is 10.6. The predicted molar refractivity (Wildman–Crippen MR) is 118 cm³/mol. The Labute approximate surface area is 176 Å². The van der Waals surface area contributed by atoms with Crippen molar-refractivity contribution in [3.05, 3.63) is 35.9 Å². The van der Waals surface area contributed by atoms with Gasteiger partial charge in [0.2, 0.25) is 5.96 Å². The number of unbranched alkanes of at least 4 members (excludes halogenated alkanes) is 5. The van der Waals surface area contributed by atoms with Crippen LogP contribution in [0.15, 0.2) is 35.3 Å². The lowest BCUT2D eigenvalue weighted by Gasteiger charge is -2.47. The first-order chi connectivity index (χ1) is 14.1. The van der Waals surface area contributed by atoms with Crippen molar-refractivity contribution in [2.24, 2.45) is 10.7 Å². The van der Waals surface area contributed by atoms with Crippen molar-refractivity contribution in [2.75, 3.05) is 27.9 Å². The number of benzene rings is 1. The third-order valence-corrected chi connectivity index (χ3v) is 5.23. The highest BCUT2D eigenvalue weighted by Crippen LogP contribution is 2.41. The molecule has 0 saturated heterocycles. The highest BCUT2D eigenvalue weighted by atomic mass is 16.9. The Morgan fingerprint density at radius 2 is 1.52 bits per heavy atom. The Bertz CT molecular complexity index is 570. The van der Waals surface area contributed by atoms with Crippen molar-refractivity contribution in [2.45, 2.75) is 70.3 Å². The van der Waals surface area contributed by atoms with Crippen molar-refractivity contribution < 1.29 is 14.2 Å². The molecule has 4 N–H and O–H groups in total. The number of ether oxygens (including phenoxy) is 3. The maximum atomic E-state index is 6.00. The molecule has 1 rings (SSSR count). The van der Waals surface area contributed by atoms with Gasteiger partial charge in [-0.05, 0) is 18.9 Å². The van der Waals surface area contributed by atoms with E-state index in [2.05, 4.69) is 22.8 Å². The van der Waals surface area contributed by atoms with Gasteiger partial charge in [0.05, 0.1) is 0 Å². The number of aliphatic imine (C=N–C) groups is 1. The quantitative estimate of drug-likeness (QED) is 0.135. The zero-order chi connectivity index (χ0) is 21.6. The molecule has 1 unspecified atom stereocenters. The summed E-state index contributed by atoms with van der Waals surface area (Å²) in [5, 5.41) is 0. The molecular formula is C22H40N4O3. The van der Waals surface area contributed by atoms with Gasteiger partial charge >= 0.3 is 5.97 Å². The van der Waals surface area contributed by atoms with Crippen LogP contribution >= 0.6 is 0 Å². The number of hydrogen-bond acceptors (Lipinski definition) is 5. The van der Waals surface area contributed by atoms with Crippen molar-refractivity contribution in [3.63, 3.8) is 0 Å². The number of hydrogen-bond donors (Lipinski definition) is 3. The average Bonchev–Trinajstić information content (AvgIpc) is 2.76. The Morgan fingerprint density at radius 1 is 0.931 bits per heavy atom. The fourth-order valence-corrected chi connectivity index (χ4v) is 3.73. The molecule has 1 atom stereocenters. The highest BCUT2D eigenvalue weighted by Gasteiger charge is 2.55. The van der Waals surface area contributed by atoms with E-state index in [9.17, 15) is 0 Å². The van der Waals surface area contributed by atoms with Gasteiger partial charge in [0, 0.05) is 27.9 Å². The molecule has 0 fully saturated rings. The first-order valence-corrected chi connectivity index (χ1v) is 10.6. The van der Waals surface area contributed by atoms with E-state index in [1.54, 1.807) is 21.3 Å². The second-order valence-corrected chi connectivity index (χ2v) is 7.07. The summed E-state index contributed by atoms with van der Waals surface area (Å²) in [5.74, 6) is -1.06. The lowest BCUT2D eigenvalue weighted by atomic mass is 9.82. The van der Waals surface area contributed by atoms with Crippen molar-refractivity contribution >= 4 is 5.96 Å². The van der Waals surface area contributed by atoms with Crippen molar-refractivity contribution in [3.8, 4) is 0 Å². The molecule has 7 nitrogen and oxygen atoms in total. The number of nitrogens with one attached hydrogen (secondary N) is 2. The summed E-state index contributed by atoms with van der Waals surface area (Å²) in [7, 11) is 4.74. The molecule has 29 heavy (non-hydrogen) atoms. The molecule has 0 saturated carbocycles. The molecule has 0 heterocycles. The van der Waals surface area contributed by atoms with Gasteiger partial charge < -0.3 is 19.9 Å². The normalized spacial score (nSPS) is 14.6. The van der Waals surface area contributed by atoms with Gasteiger partial charge in [-0.1, -0.05) is 75.8 Å². The second kappa shape index (κ2) is 13.5. The van der Waals surface area contributed by atoms with E-state index in [4.69, 9.17) is 19.9 Å². The Morgan fingerprint density at radius 3 is 2.07 bits per heavy atom. The van der Waals surface area contributed by atoms with E-state index < -0.39 is 11.5 Å². The van der Waals surface area contributed by atoms with Gasteiger partial charge in [0.25, 0.3) is 0 Å². The molecule has 0 bridgehead atoms. The summed E-state index contributed by atoms with van der Waals surface area (Å²) in [6, 6.07) is 10.0. The minimum absolute atomic E-state index is 0.299. The molecule has 0 spiro atoms. The molecule has 0 aromatic heterocycles. The van der Waals surface area contributed by atoms with Crippen LogP contribution in [0.25, 0.3) is 0 Å². The summed E-state index contributed by atoms with van der Waals surface area (Å²) in [6.07, 6.45) is 7.75. The van der Waals surface area contributed by atoms with Gasteiger partial charge in [-0.15, -0.1) is 0 Å². The summed E-state index contributed by atoms with van der Waals surface area (Å²) in [5.41, 5.74) is 12.5. The standard InChI is InChI=1S/C22H40N4O3/c1-6-8-9-10-11-15-18-21(19-16-13-12-14-17-19,22(27-3,28-4)29-5)26-25-20(23)24-7-2/h12-14,16-17,26H,6-11,15,18H2,1-5H3,(H3,23,24,25). The number of guanidine groups is 1. The van der Waals surface area contributed by atoms with E-state index in [-0.39, 0.29) is 0 Å². The molecule has 0 aliphatic carbocycles. The lowest BCUT2D eigenvalue weighted by molar-refractivity contribution is -0.395. The minimum Gasteiger partial charge on any atom is -0.369 e. The minimum atomic E-state index is -1.36. The highest BCUT2D eigenvalue weighted by molar-refractivity contribution is 5.77. The van der Waals surface area contributed by atoms with Crippen LogP contribution in [0, 0.1) is 0 Å². The van der Waals surface area contributed by atoms with E-state index in [0.717, 1.165) is 18.4 Å². The van der Waals surface area contributed by atoms with Crippen LogP contribution in [0.5, 0.6) is 0 Å². The molecule has 7 heteroatoms. The molecule has 1 aromatic carbocycles. The number of methoxy groups -OCH3 is 3. The molecule has 1 aromatic rings. The number of nitrogens with zero attached hydrogens (tertiary/aromatic N) is 1. The summed E-state index contributed by atoms with van der Waals surface area (Å²) < 4.78 is 17.4. The smallest absolute Gasteiger partial charge is 0.307 e. The summed E-state index contributed by atoms with van der Waals surface area (Å²) >= 11 is 0. The maximum absolute atomic E-state index is 6.00. The van der Waals surface area contributed by atoms with Crippen molar-refractivity contribution in [1.29, 1.82) is 0 Å². The molecule has 0 amide bonds. The SMILES string of the molecule is CCCCCCCCC(NNC(N)=NCC)(c1ccccc1)C(OC)(OC)OC. The summed E-state index contributed by atoms with van der Waals surface area (Å²) in [4.78, 5) is 4.21. The lowest BCUT2D eigenvalue weighted by Crippen LogP contribution is -2.67.